The molecule has 0 unspecified atom stereocenters. The smallest absolute Gasteiger partial charge is 0.306 e. The van der Waals surface area contributed by atoms with E-state index < -0.39 is 5.97 Å². The van der Waals surface area contributed by atoms with Crippen LogP contribution in [0.25, 0.3) is 0 Å². The van der Waals surface area contributed by atoms with E-state index in [0.29, 0.717) is 25.6 Å². The Morgan fingerprint density at radius 2 is 2.04 bits per heavy atom. The van der Waals surface area contributed by atoms with E-state index in [2.05, 4.69) is 11.4 Å². The molecule has 1 aliphatic heterocycles. The minimum absolute atomic E-state index is 0.150. The number of methoxy groups -OCH3 is 1. The Balaban J connectivity index is 1.65. The van der Waals surface area contributed by atoms with Crippen LogP contribution in [0.2, 0.25) is 0 Å². The lowest BCUT2D eigenvalue weighted by Gasteiger charge is -2.31. The molecule has 2 N–H and O–H groups in total. The third kappa shape index (κ3) is 4.12. The van der Waals surface area contributed by atoms with Crippen molar-refractivity contribution in [3.63, 3.8) is 0 Å². The van der Waals surface area contributed by atoms with Gasteiger partial charge in [-0.1, -0.05) is 0 Å². The first kappa shape index (κ1) is 17.7. The predicted molar refractivity (Wildman–Crippen MR) is 96.0 cm³/mol. The molecule has 0 bridgehead atoms. The van der Waals surface area contributed by atoms with E-state index in [1.165, 1.54) is 5.56 Å². The number of fused-ring (bicyclic) bond motifs is 1. The maximum atomic E-state index is 12.2. The summed E-state index contributed by atoms with van der Waals surface area (Å²) in [5, 5.41) is 12.6. The summed E-state index contributed by atoms with van der Waals surface area (Å²) in [4.78, 5) is 25.0. The third-order valence-electron chi connectivity index (χ3n) is 5.25. The predicted octanol–water partition coefficient (Wildman–Crippen LogP) is 2.67. The number of aryl methyl sites for hydroxylation is 1. The first-order valence-electron chi connectivity index (χ1n) is 9.00. The van der Waals surface area contributed by atoms with Crippen LogP contribution < -0.4 is 10.2 Å². The van der Waals surface area contributed by atoms with Crippen LogP contribution in [-0.4, -0.2) is 43.3 Å². The summed E-state index contributed by atoms with van der Waals surface area (Å²) in [6, 6.07) is 6.47. The fourth-order valence-electron chi connectivity index (χ4n) is 3.80. The van der Waals surface area contributed by atoms with Gasteiger partial charge in [0, 0.05) is 37.5 Å². The molecule has 1 amide bonds. The number of carboxylic acids is 1. The summed E-state index contributed by atoms with van der Waals surface area (Å²) in [6.45, 7) is 1.10. The fourth-order valence-corrected chi connectivity index (χ4v) is 3.80. The Morgan fingerprint density at radius 1 is 1.28 bits per heavy atom. The van der Waals surface area contributed by atoms with Crippen molar-refractivity contribution >= 4 is 23.3 Å². The zero-order chi connectivity index (χ0) is 17.8. The summed E-state index contributed by atoms with van der Waals surface area (Å²) in [5.41, 5.74) is 3.21. The van der Waals surface area contributed by atoms with Gasteiger partial charge in [0.2, 0.25) is 5.91 Å². The number of ether oxygens (including phenoxy) is 1. The molecule has 1 saturated carbocycles. The SMILES string of the molecule is COCCN1C(=O)CCc2cc(NC3CCC(C(=O)O)CC3)ccc21. The maximum Gasteiger partial charge on any atom is 0.306 e. The van der Waals surface area contributed by atoms with Crippen LogP contribution in [0.4, 0.5) is 11.4 Å². The number of nitrogens with zero attached hydrogens (tertiary/aromatic N) is 1. The maximum absolute atomic E-state index is 12.2. The number of carboxylic acid groups (broad SMARTS) is 1. The van der Waals surface area contributed by atoms with Crippen LogP contribution in [0.15, 0.2) is 18.2 Å². The molecular formula is C19H26N2O4. The van der Waals surface area contributed by atoms with Crippen molar-refractivity contribution in [3.05, 3.63) is 23.8 Å². The Morgan fingerprint density at radius 3 is 2.72 bits per heavy atom. The Labute approximate surface area is 148 Å². The van der Waals surface area contributed by atoms with Crippen molar-refractivity contribution in [2.45, 2.75) is 44.6 Å². The van der Waals surface area contributed by atoms with Crippen LogP contribution in [0, 0.1) is 5.92 Å². The fraction of sp³-hybridized carbons (Fsp3) is 0.579. The zero-order valence-corrected chi connectivity index (χ0v) is 14.7. The van der Waals surface area contributed by atoms with Gasteiger partial charge in [0.25, 0.3) is 0 Å². The van der Waals surface area contributed by atoms with Crippen molar-refractivity contribution in [2.75, 3.05) is 30.5 Å². The molecule has 3 rings (SSSR count). The molecule has 0 atom stereocenters. The van der Waals surface area contributed by atoms with Crippen LogP contribution >= 0.6 is 0 Å². The molecule has 1 heterocycles. The molecular weight excluding hydrogens is 320 g/mol. The monoisotopic (exact) mass is 346 g/mol. The summed E-state index contributed by atoms with van der Waals surface area (Å²) in [7, 11) is 1.64. The largest absolute Gasteiger partial charge is 0.481 e. The lowest BCUT2D eigenvalue weighted by molar-refractivity contribution is -0.142. The Hall–Kier alpha value is -2.08. The van der Waals surface area contributed by atoms with Crippen LogP contribution in [0.5, 0.6) is 0 Å². The lowest BCUT2D eigenvalue weighted by Crippen LogP contribution is -2.37. The summed E-state index contributed by atoms with van der Waals surface area (Å²) in [6.07, 6.45) is 4.52. The van der Waals surface area contributed by atoms with Crippen LogP contribution in [-0.2, 0) is 20.7 Å². The Kier molecular flexibility index (Phi) is 5.58. The van der Waals surface area contributed by atoms with Crippen molar-refractivity contribution in [1.82, 2.24) is 0 Å². The molecule has 6 nitrogen and oxygen atoms in total. The number of carbonyl (C=O) groups excluding carboxylic acids is 1. The number of amides is 1. The van der Waals surface area contributed by atoms with Gasteiger partial charge in [-0.05, 0) is 55.9 Å². The zero-order valence-electron chi connectivity index (χ0n) is 14.7. The van der Waals surface area contributed by atoms with Gasteiger partial charge in [-0.2, -0.15) is 0 Å². The Bertz CT molecular complexity index is 638. The molecule has 136 valence electrons. The highest BCUT2D eigenvalue weighted by atomic mass is 16.5. The first-order chi connectivity index (χ1) is 12.1. The number of anilines is 2. The number of nitrogens with one attached hydrogen (secondary N) is 1. The molecule has 0 aromatic heterocycles. The molecule has 1 fully saturated rings. The van der Waals surface area contributed by atoms with E-state index in [-0.39, 0.29) is 11.8 Å². The minimum atomic E-state index is -0.673. The summed E-state index contributed by atoms with van der Waals surface area (Å²) < 4.78 is 5.11. The average Bonchev–Trinajstić information content (AvgIpc) is 2.61. The van der Waals surface area contributed by atoms with E-state index in [1.807, 2.05) is 17.0 Å². The molecule has 0 radical (unpaired) electrons. The van der Waals surface area contributed by atoms with Gasteiger partial charge in [0.05, 0.1) is 12.5 Å². The van der Waals surface area contributed by atoms with Crippen molar-refractivity contribution in [2.24, 2.45) is 5.92 Å². The molecule has 1 aromatic carbocycles. The number of aliphatic carboxylic acids is 1. The van der Waals surface area contributed by atoms with Gasteiger partial charge in [0.1, 0.15) is 0 Å². The van der Waals surface area contributed by atoms with Crippen LogP contribution in [0.3, 0.4) is 0 Å². The number of hydrogen-bond acceptors (Lipinski definition) is 4. The van der Waals surface area contributed by atoms with Gasteiger partial charge in [0.15, 0.2) is 0 Å². The molecule has 1 aliphatic carbocycles. The number of carbonyl (C=O) groups is 2. The average molecular weight is 346 g/mol. The second-order valence-electron chi connectivity index (χ2n) is 6.91. The second-order valence-corrected chi connectivity index (χ2v) is 6.91. The van der Waals surface area contributed by atoms with Crippen molar-refractivity contribution in [3.8, 4) is 0 Å². The van der Waals surface area contributed by atoms with E-state index >= 15 is 0 Å². The van der Waals surface area contributed by atoms with Gasteiger partial charge < -0.3 is 20.1 Å². The number of hydrogen-bond donors (Lipinski definition) is 2. The van der Waals surface area contributed by atoms with Gasteiger partial charge >= 0.3 is 5.97 Å². The first-order valence-corrected chi connectivity index (χ1v) is 9.00. The third-order valence-corrected chi connectivity index (χ3v) is 5.25. The van der Waals surface area contributed by atoms with Crippen molar-refractivity contribution in [1.29, 1.82) is 0 Å². The quantitative estimate of drug-likeness (QED) is 0.828. The molecule has 2 aliphatic rings. The second kappa shape index (κ2) is 7.87. The molecule has 0 spiro atoms. The number of benzene rings is 1. The summed E-state index contributed by atoms with van der Waals surface area (Å²) >= 11 is 0. The van der Waals surface area contributed by atoms with Gasteiger partial charge in [-0.15, -0.1) is 0 Å². The topological polar surface area (TPSA) is 78.9 Å². The molecule has 0 saturated heterocycles. The van der Waals surface area contributed by atoms with Gasteiger partial charge in [-0.25, -0.2) is 0 Å². The normalized spacial score (nSPS) is 23.2. The van der Waals surface area contributed by atoms with Gasteiger partial charge in [-0.3, -0.25) is 9.59 Å². The number of rotatable bonds is 6. The highest BCUT2D eigenvalue weighted by Gasteiger charge is 2.27. The summed E-state index contributed by atoms with van der Waals surface area (Å²) in [5.74, 6) is -0.716. The van der Waals surface area contributed by atoms with Crippen LogP contribution in [0.1, 0.15) is 37.7 Å². The van der Waals surface area contributed by atoms with E-state index in [4.69, 9.17) is 9.84 Å². The molecule has 6 heteroatoms. The van der Waals surface area contributed by atoms with E-state index in [9.17, 15) is 9.59 Å². The highest BCUT2D eigenvalue weighted by molar-refractivity contribution is 5.96. The van der Waals surface area contributed by atoms with E-state index in [1.54, 1.807) is 7.11 Å². The lowest BCUT2D eigenvalue weighted by atomic mass is 9.86. The van der Waals surface area contributed by atoms with Crippen molar-refractivity contribution < 1.29 is 19.4 Å². The highest BCUT2D eigenvalue weighted by Crippen LogP contribution is 2.32. The van der Waals surface area contributed by atoms with E-state index in [0.717, 1.165) is 43.5 Å². The minimum Gasteiger partial charge on any atom is -0.481 e. The molecule has 1 aromatic rings. The standard InChI is InChI=1S/C19H26N2O4/c1-25-11-10-21-17-8-7-16(12-14(17)4-9-18(21)22)20-15-5-2-13(3-6-15)19(23)24/h7-8,12-13,15,20H,2-6,9-11H2,1H3,(H,23,24). The molecule has 25 heavy (non-hydrogen) atoms.